The summed E-state index contributed by atoms with van der Waals surface area (Å²) in [4.78, 5) is 13.3. The van der Waals surface area contributed by atoms with E-state index in [4.69, 9.17) is 4.74 Å². The minimum absolute atomic E-state index is 0.113. The van der Waals surface area contributed by atoms with Crippen molar-refractivity contribution in [1.29, 1.82) is 0 Å². The number of aryl methyl sites for hydroxylation is 2. The number of hydrogen-bond acceptors (Lipinski definition) is 2. The highest BCUT2D eigenvalue weighted by molar-refractivity contribution is 5.99. The molecule has 0 saturated heterocycles. The van der Waals surface area contributed by atoms with Crippen LogP contribution in [-0.2, 0) is 10.2 Å². The Bertz CT molecular complexity index is 723. The standard InChI is InChI=1S/C22H27NO2/c1-16-14-19(15-17(2)20(16)25-3)23-21(24)22(12-8-5-9-13-22)18-10-6-4-7-11-18/h4,6-7,10-11,14-15H,5,8-9,12-13H2,1-3H3,(H,23,24). The van der Waals surface area contributed by atoms with Crippen LogP contribution in [0.25, 0.3) is 0 Å². The summed E-state index contributed by atoms with van der Waals surface area (Å²) in [5, 5.41) is 3.19. The van der Waals surface area contributed by atoms with Crippen LogP contribution >= 0.6 is 0 Å². The van der Waals surface area contributed by atoms with Crippen molar-refractivity contribution < 1.29 is 9.53 Å². The second kappa shape index (κ2) is 7.30. The lowest BCUT2D eigenvalue weighted by molar-refractivity contribution is -0.122. The molecule has 1 aliphatic carbocycles. The van der Waals surface area contributed by atoms with Gasteiger partial charge in [0.15, 0.2) is 0 Å². The van der Waals surface area contributed by atoms with Crippen LogP contribution in [0, 0.1) is 13.8 Å². The Morgan fingerprint density at radius 2 is 1.60 bits per heavy atom. The highest BCUT2D eigenvalue weighted by atomic mass is 16.5. The van der Waals surface area contributed by atoms with Crippen LogP contribution < -0.4 is 10.1 Å². The fraction of sp³-hybridized carbons (Fsp3) is 0.409. The topological polar surface area (TPSA) is 38.3 Å². The fourth-order valence-corrected chi connectivity index (χ4v) is 4.15. The van der Waals surface area contributed by atoms with Crippen molar-refractivity contribution in [3.63, 3.8) is 0 Å². The van der Waals surface area contributed by atoms with Gasteiger partial charge in [0.25, 0.3) is 0 Å². The maximum atomic E-state index is 13.3. The van der Waals surface area contributed by atoms with Gasteiger partial charge in [-0.2, -0.15) is 0 Å². The zero-order chi connectivity index (χ0) is 17.9. The van der Waals surface area contributed by atoms with Crippen LogP contribution in [0.3, 0.4) is 0 Å². The Kier molecular flexibility index (Phi) is 5.12. The van der Waals surface area contributed by atoms with Gasteiger partial charge in [-0.15, -0.1) is 0 Å². The molecule has 1 N–H and O–H groups in total. The summed E-state index contributed by atoms with van der Waals surface area (Å²) < 4.78 is 5.43. The third-order valence-corrected chi connectivity index (χ3v) is 5.39. The molecule has 132 valence electrons. The average Bonchev–Trinajstić information content (AvgIpc) is 2.63. The predicted molar refractivity (Wildman–Crippen MR) is 102 cm³/mol. The van der Waals surface area contributed by atoms with Gasteiger partial charge in [0, 0.05) is 5.69 Å². The van der Waals surface area contributed by atoms with Crippen molar-refractivity contribution in [2.24, 2.45) is 0 Å². The third-order valence-electron chi connectivity index (χ3n) is 5.39. The Morgan fingerprint density at radius 1 is 1.00 bits per heavy atom. The first-order valence-electron chi connectivity index (χ1n) is 9.09. The number of ether oxygens (including phenoxy) is 1. The van der Waals surface area contributed by atoms with Gasteiger partial charge >= 0.3 is 0 Å². The quantitative estimate of drug-likeness (QED) is 0.837. The zero-order valence-corrected chi connectivity index (χ0v) is 15.4. The van der Waals surface area contributed by atoms with Crippen LogP contribution in [-0.4, -0.2) is 13.0 Å². The van der Waals surface area contributed by atoms with Crippen LogP contribution in [0.5, 0.6) is 5.75 Å². The minimum Gasteiger partial charge on any atom is -0.496 e. The van der Waals surface area contributed by atoms with Gasteiger partial charge in [0.05, 0.1) is 12.5 Å². The summed E-state index contributed by atoms with van der Waals surface area (Å²) in [6.45, 7) is 4.02. The molecular formula is C22H27NO2. The number of hydrogen-bond donors (Lipinski definition) is 1. The van der Waals surface area contributed by atoms with Crippen molar-refractivity contribution in [2.45, 2.75) is 51.4 Å². The number of carbonyl (C=O) groups excluding carboxylic acids is 1. The van der Waals surface area contributed by atoms with E-state index in [0.29, 0.717) is 0 Å². The highest BCUT2D eigenvalue weighted by Gasteiger charge is 2.41. The molecule has 2 aromatic rings. The molecule has 0 bridgehead atoms. The van der Waals surface area contributed by atoms with E-state index in [1.165, 1.54) is 6.42 Å². The van der Waals surface area contributed by atoms with Gasteiger partial charge < -0.3 is 10.1 Å². The number of anilines is 1. The lowest BCUT2D eigenvalue weighted by Gasteiger charge is -2.36. The van der Waals surface area contributed by atoms with Gasteiger partial charge in [0.2, 0.25) is 5.91 Å². The van der Waals surface area contributed by atoms with Gasteiger partial charge in [-0.25, -0.2) is 0 Å². The molecule has 1 amide bonds. The SMILES string of the molecule is COc1c(C)cc(NC(=O)C2(c3ccccc3)CCCCC2)cc1C. The molecule has 2 aromatic carbocycles. The smallest absolute Gasteiger partial charge is 0.235 e. The summed E-state index contributed by atoms with van der Waals surface area (Å²) in [6.07, 6.45) is 5.24. The van der Waals surface area contributed by atoms with E-state index < -0.39 is 5.41 Å². The lowest BCUT2D eigenvalue weighted by Crippen LogP contribution is -2.42. The number of benzene rings is 2. The Labute approximate surface area is 150 Å². The number of carbonyl (C=O) groups is 1. The maximum Gasteiger partial charge on any atom is 0.235 e. The molecule has 1 aliphatic rings. The zero-order valence-electron chi connectivity index (χ0n) is 15.4. The molecule has 25 heavy (non-hydrogen) atoms. The summed E-state index contributed by atoms with van der Waals surface area (Å²) in [7, 11) is 1.68. The van der Waals surface area contributed by atoms with Crippen LogP contribution in [0.1, 0.15) is 48.8 Å². The Morgan fingerprint density at radius 3 is 2.16 bits per heavy atom. The van der Waals surface area contributed by atoms with Crippen molar-refractivity contribution in [3.8, 4) is 5.75 Å². The van der Waals surface area contributed by atoms with Gasteiger partial charge in [0.1, 0.15) is 5.75 Å². The first kappa shape index (κ1) is 17.5. The van der Waals surface area contributed by atoms with E-state index in [0.717, 1.165) is 53.8 Å². The number of nitrogens with one attached hydrogen (secondary N) is 1. The van der Waals surface area contributed by atoms with Crippen LogP contribution in [0.4, 0.5) is 5.69 Å². The third kappa shape index (κ3) is 3.41. The number of amides is 1. The summed E-state index contributed by atoms with van der Waals surface area (Å²) >= 11 is 0. The summed E-state index contributed by atoms with van der Waals surface area (Å²) in [6, 6.07) is 14.2. The molecule has 0 aromatic heterocycles. The van der Waals surface area contributed by atoms with E-state index in [-0.39, 0.29) is 5.91 Å². The maximum absolute atomic E-state index is 13.3. The molecule has 3 heteroatoms. The average molecular weight is 337 g/mol. The predicted octanol–water partition coefficient (Wildman–Crippen LogP) is 5.15. The second-order valence-corrected chi connectivity index (χ2v) is 7.11. The summed E-state index contributed by atoms with van der Waals surface area (Å²) in [5.74, 6) is 0.996. The molecule has 0 radical (unpaired) electrons. The normalized spacial score (nSPS) is 16.3. The van der Waals surface area contributed by atoms with Crippen molar-refractivity contribution in [3.05, 3.63) is 59.2 Å². The lowest BCUT2D eigenvalue weighted by atomic mass is 9.68. The Hall–Kier alpha value is -2.29. The van der Waals surface area contributed by atoms with Gasteiger partial charge in [-0.3, -0.25) is 4.79 Å². The molecule has 3 nitrogen and oxygen atoms in total. The fourth-order valence-electron chi connectivity index (χ4n) is 4.15. The van der Waals surface area contributed by atoms with Crippen molar-refractivity contribution in [1.82, 2.24) is 0 Å². The van der Waals surface area contributed by atoms with E-state index >= 15 is 0 Å². The van der Waals surface area contributed by atoms with E-state index in [1.54, 1.807) is 7.11 Å². The minimum atomic E-state index is -0.415. The van der Waals surface area contributed by atoms with Crippen LogP contribution in [0.2, 0.25) is 0 Å². The molecule has 0 atom stereocenters. The van der Waals surface area contributed by atoms with Crippen LogP contribution in [0.15, 0.2) is 42.5 Å². The number of methoxy groups -OCH3 is 1. The first-order valence-corrected chi connectivity index (χ1v) is 9.09. The molecule has 1 fully saturated rings. The molecular weight excluding hydrogens is 310 g/mol. The van der Waals surface area contributed by atoms with E-state index in [9.17, 15) is 4.79 Å². The monoisotopic (exact) mass is 337 g/mol. The van der Waals surface area contributed by atoms with E-state index in [2.05, 4.69) is 17.4 Å². The van der Waals surface area contributed by atoms with Crippen molar-refractivity contribution in [2.75, 3.05) is 12.4 Å². The molecule has 3 rings (SSSR count). The molecule has 0 unspecified atom stereocenters. The van der Waals surface area contributed by atoms with E-state index in [1.807, 2.05) is 44.2 Å². The molecule has 0 heterocycles. The Balaban J connectivity index is 1.92. The highest BCUT2D eigenvalue weighted by Crippen LogP contribution is 2.40. The molecule has 0 spiro atoms. The van der Waals surface area contributed by atoms with Gasteiger partial charge in [-0.05, 0) is 55.5 Å². The number of rotatable bonds is 4. The molecule has 1 saturated carbocycles. The second-order valence-electron chi connectivity index (χ2n) is 7.11. The van der Waals surface area contributed by atoms with Crippen molar-refractivity contribution >= 4 is 11.6 Å². The summed E-state index contributed by atoms with van der Waals surface area (Å²) in [5.41, 5.74) is 3.64. The largest absolute Gasteiger partial charge is 0.496 e. The first-order chi connectivity index (χ1) is 12.1. The van der Waals surface area contributed by atoms with Gasteiger partial charge in [-0.1, -0.05) is 49.6 Å². The molecule has 0 aliphatic heterocycles.